The van der Waals surface area contributed by atoms with Gasteiger partial charge in [-0.3, -0.25) is 19.7 Å². The van der Waals surface area contributed by atoms with Crippen molar-refractivity contribution in [3.63, 3.8) is 0 Å². The number of allylic oxidation sites excluding steroid dienone is 2. The quantitative estimate of drug-likeness (QED) is 0.268. The van der Waals surface area contributed by atoms with Crippen LogP contribution in [0.3, 0.4) is 0 Å². The topological polar surface area (TPSA) is 92.9 Å². The Morgan fingerprint density at radius 3 is 2.35 bits per heavy atom. The van der Waals surface area contributed by atoms with Crippen LogP contribution in [0.1, 0.15) is 12.0 Å². The van der Waals surface area contributed by atoms with Crippen LogP contribution in [0.5, 0.6) is 0 Å². The van der Waals surface area contributed by atoms with E-state index in [2.05, 4.69) is 17.3 Å². The number of amides is 2. The van der Waals surface area contributed by atoms with Crippen LogP contribution in [0.4, 0.5) is 5.69 Å². The predicted octanol–water partition coefficient (Wildman–Crippen LogP) is 2.64. The standard InChI is InChI=1S/C18H14ClN3O4/c19-13-4-1-8(5-14(13)22(25)26)7-20-21-17(23)15-9-2-3-10(12-6-11(9)12)16(15)18(21)24/h1-5,7,9-12,15-16H,6H2/b20-7-/t9-,10+,11-,12-,15+,16-/m1/s1. The van der Waals surface area contributed by atoms with Gasteiger partial charge in [-0.25, -0.2) is 0 Å². The van der Waals surface area contributed by atoms with E-state index in [9.17, 15) is 19.7 Å². The van der Waals surface area contributed by atoms with Crippen molar-refractivity contribution in [2.75, 3.05) is 0 Å². The van der Waals surface area contributed by atoms with Gasteiger partial charge in [0.05, 0.1) is 23.0 Å². The number of rotatable bonds is 3. The summed E-state index contributed by atoms with van der Waals surface area (Å²) in [6.45, 7) is 0. The van der Waals surface area contributed by atoms with E-state index in [0.717, 1.165) is 11.4 Å². The largest absolute Gasteiger partial charge is 0.288 e. The lowest BCUT2D eigenvalue weighted by atomic mass is 9.63. The lowest BCUT2D eigenvalue weighted by molar-refractivity contribution is -0.384. The summed E-state index contributed by atoms with van der Waals surface area (Å²) in [5.41, 5.74) is 0.159. The third-order valence-corrected chi connectivity index (χ3v) is 6.45. The van der Waals surface area contributed by atoms with Crippen LogP contribution in [0.2, 0.25) is 5.02 Å². The minimum absolute atomic E-state index is 0.0216. The molecule has 1 aromatic carbocycles. The first-order valence-corrected chi connectivity index (χ1v) is 8.89. The number of imide groups is 1. The Morgan fingerprint density at radius 2 is 1.77 bits per heavy atom. The Kier molecular flexibility index (Phi) is 3.16. The summed E-state index contributed by atoms with van der Waals surface area (Å²) in [5, 5.41) is 16.0. The van der Waals surface area contributed by atoms with E-state index in [1.165, 1.54) is 18.3 Å². The zero-order valence-electron chi connectivity index (χ0n) is 13.5. The fourth-order valence-corrected chi connectivity index (χ4v) is 5.12. The molecule has 2 bridgehead atoms. The first kappa shape index (κ1) is 15.7. The van der Waals surface area contributed by atoms with E-state index < -0.39 is 4.92 Å². The molecule has 132 valence electrons. The predicted molar refractivity (Wildman–Crippen MR) is 92.3 cm³/mol. The van der Waals surface area contributed by atoms with Crippen molar-refractivity contribution in [3.8, 4) is 0 Å². The van der Waals surface area contributed by atoms with E-state index >= 15 is 0 Å². The average molecular weight is 372 g/mol. The SMILES string of the molecule is O=C1[C@@H]2[C@H]3C=C[C@H]([C@H]4C[C@H]34)[C@@H]2C(=O)N1/N=C\c1ccc(Cl)c([N+](=O)[O-])c1. The summed E-state index contributed by atoms with van der Waals surface area (Å²) in [6, 6.07) is 4.22. The van der Waals surface area contributed by atoms with Crippen molar-refractivity contribution < 1.29 is 14.5 Å². The zero-order valence-corrected chi connectivity index (χ0v) is 14.2. The van der Waals surface area contributed by atoms with E-state index in [0.29, 0.717) is 17.4 Å². The van der Waals surface area contributed by atoms with Crippen molar-refractivity contribution in [1.82, 2.24) is 5.01 Å². The van der Waals surface area contributed by atoms with Crippen LogP contribution in [0.25, 0.3) is 0 Å². The number of benzene rings is 1. The van der Waals surface area contributed by atoms with Crippen molar-refractivity contribution in [1.29, 1.82) is 0 Å². The van der Waals surface area contributed by atoms with Gasteiger partial charge in [0.15, 0.2) is 0 Å². The maximum atomic E-state index is 12.8. The molecule has 2 amide bonds. The van der Waals surface area contributed by atoms with Gasteiger partial charge in [0.25, 0.3) is 17.5 Å². The highest BCUT2D eigenvalue weighted by Crippen LogP contribution is 2.65. The molecule has 0 radical (unpaired) electrons. The molecule has 1 saturated heterocycles. The molecule has 8 heteroatoms. The number of nitro groups is 1. The molecule has 4 aliphatic carbocycles. The summed E-state index contributed by atoms with van der Waals surface area (Å²) >= 11 is 5.79. The minimum Gasteiger partial charge on any atom is -0.272 e. The first-order valence-electron chi connectivity index (χ1n) is 8.51. The molecule has 0 N–H and O–H groups in total. The minimum atomic E-state index is -0.587. The van der Waals surface area contributed by atoms with Gasteiger partial charge < -0.3 is 0 Å². The second-order valence-electron chi connectivity index (χ2n) is 7.36. The number of hydrazone groups is 1. The number of hydrogen-bond donors (Lipinski definition) is 0. The maximum Gasteiger partial charge on any atom is 0.288 e. The molecule has 1 aromatic rings. The molecule has 3 fully saturated rings. The Balaban J connectivity index is 1.43. The third kappa shape index (κ3) is 2.03. The Bertz CT molecular complexity index is 891. The van der Waals surface area contributed by atoms with E-state index in [1.807, 2.05) is 0 Å². The van der Waals surface area contributed by atoms with Gasteiger partial charge in [-0.2, -0.15) is 10.1 Å². The fourth-order valence-electron chi connectivity index (χ4n) is 4.93. The normalized spacial score (nSPS) is 36.6. The average Bonchev–Trinajstić information content (AvgIpc) is 3.40. The zero-order chi connectivity index (χ0) is 18.2. The lowest BCUT2D eigenvalue weighted by Gasteiger charge is -2.37. The molecule has 7 nitrogen and oxygen atoms in total. The van der Waals surface area contributed by atoms with Crippen molar-refractivity contribution in [2.24, 2.45) is 40.6 Å². The monoisotopic (exact) mass is 371 g/mol. The molecule has 26 heavy (non-hydrogen) atoms. The number of nitrogens with zero attached hydrogens (tertiary/aromatic N) is 3. The molecular formula is C18H14ClN3O4. The number of halogens is 1. The highest BCUT2D eigenvalue weighted by Gasteiger charge is 2.67. The van der Waals surface area contributed by atoms with Crippen molar-refractivity contribution in [3.05, 3.63) is 51.1 Å². The first-order chi connectivity index (χ1) is 12.5. The summed E-state index contributed by atoms with van der Waals surface area (Å²) in [5.74, 6) is 0.216. The summed E-state index contributed by atoms with van der Waals surface area (Å²) in [6.07, 6.45) is 6.60. The number of carbonyl (C=O) groups excluding carboxylic acids is 2. The van der Waals surface area contributed by atoms with E-state index in [4.69, 9.17) is 11.6 Å². The number of carbonyl (C=O) groups is 2. The maximum absolute atomic E-state index is 12.8. The molecule has 5 aliphatic rings. The van der Waals surface area contributed by atoms with Gasteiger partial charge in [-0.05, 0) is 36.2 Å². The molecule has 0 unspecified atom stereocenters. The van der Waals surface area contributed by atoms with Crippen molar-refractivity contribution in [2.45, 2.75) is 6.42 Å². The van der Waals surface area contributed by atoms with Crippen LogP contribution >= 0.6 is 11.6 Å². The van der Waals surface area contributed by atoms with Gasteiger partial charge in [0.2, 0.25) is 0 Å². The molecule has 6 rings (SSSR count). The highest BCUT2D eigenvalue weighted by molar-refractivity contribution is 6.32. The molecule has 0 spiro atoms. The van der Waals surface area contributed by atoms with Crippen LogP contribution in [-0.2, 0) is 9.59 Å². The summed E-state index contributed by atoms with van der Waals surface area (Å²) in [7, 11) is 0. The molecule has 6 atom stereocenters. The van der Waals surface area contributed by atoms with Gasteiger partial charge in [0, 0.05) is 11.6 Å². The van der Waals surface area contributed by atoms with Gasteiger partial charge >= 0.3 is 0 Å². The Labute approximate surface area is 153 Å². The molecule has 1 aliphatic heterocycles. The van der Waals surface area contributed by atoms with Gasteiger partial charge in [0.1, 0.15) is 5.02 Å². The summed E-state index contributed by atoms with van der Waals surface area (Å²) < 4.78 is 0. The van der Waals surface area contributed by atoms with Gasteiger partial charge in [-0.15, -0.1) is 0 Å². The second kappa shape index (κ2) is 5.23. The molecule has 1 heterocycles. The highest BCUT2D eigenvalue weighted by atomic mass is 35.5. The van der Waals surface area contributed by atoms with Gasteiger partial charge in [-0.1, -0.05) is 29.8 Å². The fraction of sp³-hybridized carbons (Fsp3) is 0.389. The van der Waals surface area contributed by atoms with Crippen LogP contribution in [0, 0.1) is 45.6 Å². The lowest BCUT2D eigenvalue weighted by Crippen LogP contribution is -2.40. The third-order valence-electron chi connectivity index (χ3n) is 6.13. The van der Waals surface area contributed by atoms with Crippen molar-refractivity contribution >= 4 is 35.3 Å². The number of hydrogen-bond acceptors (Lipinski definition) is 5. The van der Waals surface area contributed by atoms with Crippen LogP contribution < -0.4 is 0 Å². The van der Waals surface area contributed by atoms with Crippen LogP contribution in [-0.4, -0.2) is 28.0 Å². The Hall–Kier alpha value is -2.54. The van der Waals surface area contributed by atoms with E-state index in [1.54, 1.807) is 6.07 Å². The summed E-state index contributed by atoms with van der Waals surface area (Å²) in [4.78, 5) is 36.0. The number of nitro benzene ring substituents is 1. The Morgan fingerprint density at radius 1 is 1.15 bits per heavy atom. The second-order valence-corrected chi connectivity index (χ2v) is 7.76. The van der Waals surface area contributed by atoms with E-state index in [-0.39, 0.29) is 46.2 Å². The molecule has 0 aromatic heterocycles. The molecule has 2 saturated carbocycles. The van der Waals surface area contributed by atoms with Crippen LogP contribution in [0.15, 0.2) is 35.5 Å². The molecular weight excluding hydrogens is 358 g/mol. The smallest absolute Gasteiger partial charge is 0.272 e.